The van der Waals surface area contributed by atoms with Crippen LogP contribution in [0.5, 0.6) is 0 Å². The Kier molecular flexibility index (Phi) is 7.54. The van der Waals surface area contributed by atoms with Crippen molar-refractivity contribution >= 4 is 23.6 Å². The summed E-state index contributed by atoms with van der Waals surface area (Å²) in [6.07, 6.45) is 0. The molecule has 4 nitrogen and oxygen atoms in total. The quantitative estimate of drug-likeness (QED) is 0.563. The Morgan fingerprint density at radius 1 is 0.840 bits per heavy atom. The summed E-state index contributed by atoms with van der Waals surface area (Å²) in [5.41, 5.74) is 0.958. The highest BCUT2D eigenvalue weighted by atomic mass is 32.2. The molecule has 2 N–H and O–H groups in total. The molecule has 0 aliphatic carbocycles. The van der Waals surface area contributed by atoms with E-state index in [2.05, 4.69) is 10.6 Å². The van der Waals surface area contributed by atoms with Gasteiger partial charge >= 0.3 is 0 Å². The summed E-state index contributed by atoms with van der Waals surface area (Å²) in [7, 11) is 0. The van der Waals surface area contributed by atoms with Gasteiger partial charge in [-0.15, -0.1) is 11.8 Å². The Labute approximate surface area is 153 Å². The molecule has 0 radical (unpaired) electrons. The van der Waals surface area contributed by atoms with E-state index in [0.29, 0.717) is 13.1 Å². The number of hydrogen-bond donors (Lipinski definition) is 2. The molecule has 2 aromatic carbocycles. The summed E-state index contributed by atoms with van der Waals surface area (Å²) in [6.45, 7) is 4.53. The van der Waals surface area contributed by atoms with Crippen LogP contribution in [-0.2, 0) is 9.59 Å². The summed E-state index contributed by atoms with van der Waals surface area (Å²) in [4.78, 5) is 25.3. The highest BCUT2D eigenvalue weighted by Gasteiger charge is 2.21. The summed E-state index contributed by atoms with van der Waals surface area (Å²) in [5.74, 6) is -0.118. The molecule has 1 atom stereocenters. The number of hydrogen-bond acceptors (Lipinski definition) is 3. The van der Waals surface area contributed by atoms with E-state index < -0.39 is 0 Å². The first-order valence-corrected chi connectivity index (χ1v) is 9.28. The second-order valence-electron chi connectivity index (χ2n) is 5.96. The Hall–Kier alpha value is -2.27. The number of benzene rings is 2. The molecular weight excluding hydrogens is 332 g/mol. The van der Waals surface area contributed by atoms with Crippen LogP contribution >= 0.6 is 11.8 Å². The lowest BCUT2D eigenvalue weighted by Crippen LogP contribution is -2.37. The molecule has 2 rings (SSSR count). The molecule has 0 aliphatic heterocycles. The van der Waals surface area contributed by atoms with Crippen molar-refractivity contribution < 1.29 is 9.59 Å². The predicted molar refractivity (Wildman–Crippen MR) is 102 cm³/mol. The summed E-state index contributed by atoms with van der Waals surface area (Å²) < 4.78 is 0. The monoisotopic (exact) mass is 356 g/mol. The molecule has 0 heterocycles. The van der Waals surface area contributed by atoms with Crippen LogP contribution in [0.2, 0.25) is 0 Å². The Bertz CT molecular complexity index is 675. The number of amides is 2. The molecule has 0 saturated carbocycles. The zero-order valence-electron chi connectivity index (χ0n) is 14.6. The third-order valence-corrected chi connectivity index (χ3v) is 4.85. The van der Waals surface area contributed by atoms with E-state index in [4.69, 9.17) is 0 Å². The normalized spacial score (nSPS) is 11.8. The van der Waals surface area contributed by atoms with Crippen molar-refractivity contribution in [1.29, 1.82) is 0 Å². The van der Waals surface area contributed by atoms with Gasteiger partial charge in [0.15, 0.2) is 0 Å². The van der Waals surface area contributed by atoms with Gasteiger partial charge in [0.25, 0.3) is 0 Å². The van der Waals surface area contributed by atoms with E-state index >= 15 is 0 Å². The second kappa shape index (κ2) is 9.89. The highest BCUT2D eigenvalue weighted by molar-refractivity contribution is 8.00. The second-order valence-corrected chi connectivity index (χ2v) is 7.14. The van der Waals surface area contributed by atoms with Gasteiger partial charge in [-0.05, 0) is 17.7 Å². The van der Waals surface area contributed by atoms with Gasteiger partial charge in [0.1, 0.15) is 5.25 Å². The van der Waals surface area contributed by atoms with Gasteiger partial charge in [-0.3, -0.25) is 9.59 Å². The van der Waals surface area contributed by atoms with Gasteiger partial charge in [-0.2, -0.15) is 0 Å². The van der Waals surface area contributed by atoms with Gasteiger partial charge in [0.2, 0.25) is 11.8 Å². The fraction of sp³-hybridized carbons (Fsp3) is 0.300. The first-order chi connectivity index (χ1) is 12.1. The summed E-state index contributed by atoms with van der Waals surface area (Å²) in [5, 5.41) is 5.40. The van der Waals surface area contributed by atoms with Crippen molar-refractivity contribution in [3.8, 4) is 0 Å². The van der Waals surface area contributed by atoms with Crippen LogP contribution < -0.4 is 10.6 Å². The minimum atomic E-state index is -0.329. The Morgan fingerprint density at radius 2 is 1.36 bits per heavy atom. The molecule has 25 heavy (non-hydrogen) atoms. The molecule has 1 unspecified atom stereocenters. The van der Waals surface area contributed by atoms with Crippen molar-refractivity contribution in [2.24, 2.45) is 5.92 Å². The Balaban J connectivity index is 1.97. The summed E-state index contributed by atoms with van der Waals surface area (Å²) in [6, 6.07) is 19.6. The largest absolute Gasteiger partial charge is 0.354 e. The smallest absolute Gasteiger partial charge is 0.238 e. The molecule has 2 amide bonds. The Morgan fingerprint density at radius 3 is 1.92 bits per heavy atom. The predicted octanol–water partition coefficient (Wildman–Crippen LogP) is 3.41. The van der Waals surface area contributed by atoms with Crippen LogP contribution in [0, 0.1) is 5.92 Å². The van der Waals surface area contributed by atoms with E-state index in [1.165, 1.54) is 11.8 Å². The van der Waals surface area contributed by atoms with Crippen molar-refractivity contribution in [1.82, 2.24) is 10.6 Å². The van der Waals surface area contributed by atoms with Gasteiger partial charge in [-0.25, -0.2) is 0 Å². The van der Waals surface area contributed by atoms with Gasteiger partial charge in [-0.1, -0.05) is 62.4 Å². The first kappa shape index (κ1) is 19.1. The maximum atomic E-state index is 12.7. The zero-order valence-corrected chi connectivity index (χ0v) is 15.4. The molecule has 0 bridgehead atoms. The van der Waals surface area contributed by atoms with E-state index in [9.17, 15) is 9.59 Å². The van der Waals surface area contributed by atoms with Crippen LogP contribution in [0.4, 0.5) is 0 Å². The average molecular weight is 356 g/mol. The van der Waals surface area contributed by atoms with Crippen LogP contribution in [-0.4, -0.2) is 24.9 Å². The lowest BCUT2D eigenvalue weighted by atomic mass is 10.1. The molecule has 5 heteroatoms. The minimum absolute atomic E-state index is 0.00693. The number of carbonyl (C=O) groups is 2. The van der Waals surface area contributed by atoms with Crippen LogP contribution in [0.15, 0.2) is 65.6 Å². The number of nitrogens with one attached hydrogen (secondary N) is 2. The van der Waals surface area contributed by atoms with E-state index in [-0.39, 0.29) is 23.0 Å². The molecule has 0 spiro atoms. The lowest BCUT2D eigenvalue weighted by molar-refractivity contribution is -0.124. The minimum Gasteiger partial charge on any atom is -0.354 e. The lowest BCUT2D eigenvalue weighted by Gasteiger charge is -2.17. The summed E-state index contributed by atoms with van der Waals surface area (Å²) >= 11 is 1.52. The number of carbonyl (C=O) groups excluding carboxylic acids is 2. The van der Waals surface area contributed by atoms with Crippen LogP contribution in [0.1, 0.15) is 24.7 Å². The van der Waals surface area contributed by atoms with E-state index in [0.717, 1.165) is 10.5 Å². The van der Waals surface area contributed by atoms with Crippen molar-refractivity contribution in [2.75, 3.05) is 13.1 Å². The van der Waals surface area contributed by atoms with Gasteiger partial charge in [0, 0.05) is 23.9 Å². The SMILES string of the molecule is CC(C)C(=O)NCCNC(=O)C(Sc1ccccc1)c1ccccc1. The zero-order chi connectivity index (χ0) is 18.1. The molecule has 2 aromatic rings. The fourth-order valence-electron chi connectivity index (χ4n) is 2.20. The van der Waals surface area contributed by atoms with E-state index in [1.807, 2.05) is 74.5 Å². The standard InChI is InChI=1S/C20H24N2O2S/c1-15(2)19(23)21-13-14-22-20(24)18(16-9-5-3-6-10-16)25-17-11-7-4-8-12-17/h3-12,15,18H,13-14H2,1-2H3,(H,21,23)(H,22,24). The number of rotatable bonds is 8. The molecular formula is C20H24N2O2S. The molecule has 0 fully saturated rings. The van der Waals surface area contributed by atoms with Crippen molar-refractivity contribution in [2.45, 2.75) is 24.0 Å². The molecule has 0 saturated heterocycles. The average Bonchev–Trinajstić information content (AvgIpc) is 2.64. The maximum Gasteiger partial charge on any atom is 0.238 e. The van der Waals surface area contributed by atoms with Crippen LogP contribution in [0.3, 0.4) is 0 Å². The van der Waals surface area contributed by atoms with Crippen molar-refractivity contribution in [3.63, 3.8) is 0 Å². The first-order valence-electron chi connectivity index (χ1n) is 8.40. The highest BCUT2D eigenvalue weighted by Crippen LogP contribution is 2.35. The number of thioether (sulfide) groups is 1. The molecule has 132 valence electrons. The fourth-order valence-corrected chi connectivity index (χ4v) is 3.27. The van der Waals surface area contributed by atoms with Gasteiger partial charge in [0.05, 0.1) is 0 Å². The molecule has 0 aromatic heterocycles. The molecule has 0 aliphatic rings. The van der Waals surface area contributed by atoms with E-state index in [1.54, 1.807) is 0 Å². The van der Waals surface area contributed by atoms with Crippen LogP contribution in [0.25, 0.3) is 0 Å². The van der Waals surface area contributed by atoms with Gasteiger partial charge < -0.3 is 10.6 Å². The van der Waals surface area contributed by atoms with Crippen molar-refractivity contribution in [3.05, 3.63) is 66.2 Å². The topological polar surface area (TPSA) is 58.2 Å². The third kappa shape index (κ3) is 6.27. The maximum absolute atomic E-state index is 12.7. The third-order valence-electron chi connectivity index (χ3n) is 3.59.